The Morgan fingerprint density at radius 1 is 0.793 bits per heavy atom. The number of benzene rings is 2. The van der Waals surface area contributed by atoms with Crippen molar-refractivity contribution in [1.29, 1.82) is 0 Å². The first-order valence-corrected chi connectivity index (χ1v) is 11.1. The molecule has 0 saturated heterocycles. The number of halogens is 1. The van der Waals surface area contributed by atoms with Crippen molar-refractivity contribution in [2.75, 3.05) is 6.61 Å². The average Bonchev–Trinajstić information content (AvgIpc) is 2.74. The van der Waals surface area contributed by atoms with Gasteiger partial charge in [0.1, 0.15) is 5.75 Å². The molecular weight excluding hydrogens is 432 g/mol. The second-order valence-electron chi connectivity index (χ2n) is 7.04. The third-order valence-corrected chi connectivity index (χ3v) is 5.12. The second kappa shape index (κ2) is 13.2. The number of esters is 2. The Hall–Kier alpha value is -2.14. The zero-order valence-electron chi connectivity index (χ0n) is 17.0. The monoisotopic (exact) mass is 460 g/mol. The largest absolute Gasteiger partial charge is 0.462 e. The van der Waals surface area contributed by atoms with Gasteiger partial charge in [-0.2, -0.15) is 0 Å². The van der Waals surface area contributed by atoms with Crippen LogP contribution < -0.4 is 4.74 Å². The SMILES string of the molecule is CCCCCCCCCCOC(=O)c1cccc(C(=O)Oc2ccc(Br)cc2)c1. The summed E-state index contributed by atoms with van der Waals surface area (Å²) >= 11 is 3.34. The Morgan fingerprint density at radius 2 is 1.38 bits per heavy atom. The van der Waals surface area contributed by atoms with Crippen molar-refractivity contribution in [1.82, 2.24) is 0 Å². The molecule has 0 aliphatic carbocycles. The second-order valence-corrected chi connectivity index (χ2v) is 7.95. The Morgan fingerprint density at radius 3 is 2.03 bits per heavy atom. The highest BCUT2D eigenvalue weighted by Crippen LogP contribution is 2.18. The molecule has 2 rings (SSSR count). The van der Waals surface area contributed by atoms with Gasteiger partial charge in [-0.25, -0.2) is 9.59 Å². The average molecular weight is 461 g/mol. The normalized spacial score (nSPS) is 10.6. The lowest BCUT2D eigenvalue weighted by Gasteiger charge is -2.07. The van der Waals surface area contributed by atoms with Crippen molar-refractivity contribution < 1.29 is 19.1 Å². The molecule has 0 fully saturated rings. The topological polar surface area (TPSA) is 52.6 Å². The third-order valence-electron chi connectivity index (χ3n) is 4.59. The van der Waals surface area contributed by atoms with E-state index in [1.165, 1.54) is 44.6 Å². The van der Waals surface area contributed by atoms with Gasteiger partial charge in [0.05, 0.1) is 17.7 Å². The molecule has 5 heteroatoms. The van der Waals surface area contributed by atoms with Crippen LogP contribution in [0.3, 0.4) is 0 Å². The number of unbranched alkanes of at least 4 members (excludes halogenated alkanes) is 7. The minimum Gasteiger partial charge on any atom is -0.462 e. The zero-order valence-corrected chi connectivity index (χ0v) is 18.6. The molecular formula is C24H29BrO4. The van der Waals surface area contributed by atoms with Crippen molar-refractivity contribution in [2.45, 2.75) is 58.3 Å². The summed E-state index contributed by atoms with van der Waals surface area (Å²) in [4.78, 5) is 24.6. The van der Waals surface area contributed by atoms with Crippen LogP contribution in [0.4, 0.5) is 0 Å². The van der Waals surface area contributed by atoms with Gasteiger partial charge in [0.15, 0.2) is 0 Å². The van der Waals surface area contributed by atoms with Crippen molar-refractivity contribution in [3.63, 3.8) is 0 Å². The van der Waals surface area contributed by atoms with Crippen LogP contribution in [-0.4, -0.2) is 18.5 Å². The molecule has 0 unspecified atom stereocenters. The number of rotatable bonds is 12. The maximum absolute atomic E-state index is 12.3. The fourth-order valence-electron chi connectivity index (χ4n) is 2.93. The van der Waals surface area contributed by atoms with E-state index in [9.17, 15) is 9.59 Å². The molecule has 0 N–H and O–H groups in total. The van der Waals surface area contributed by atoms with Gasteiger partial charge in [-0.1, -0.05) is 73.9 Å². The number of hydrogen-bond acceptors (Lipinski definition) is 4. The number of ether oxygens (including phenoxy) is 2. The van der Waals surface area contributed by atoms with E-state index in [0.29, 0.717) is 23.5 Å². The first-order chi connectivity index (χ1) is 14.1. The Balaban J connectivity index is 1.74. The van der Waals surface area contributed by atoms with Gasteiger partial charge in [-0.3, -0.25) is 0 Å². The van der Waals surface area contributed by atoms with Crippen LogP contribution in [0.2, 0.25) is 0 Å². The maximum atomic E-state index is 12.3. The quantitative estimate of drug-likeness (QED) is 0.195. The van der Waals surface area contributed by atoms with E-state index >= 15 is 0 Å². The Labute approximate surface area is 181 Å². The van der Waals surface area contributed by atoms with Crippen LogP contribution in [0.5, 0.6) is 5.75 Å². The fourth-order valence-corrected chi connectivity index (χ4v) is 3.19. The van der Waals surface area contributed by atoms with Gasteiger partial charge in [0, 0.05) is 4.47 Å². The summed E-state index contributed by atoms with van der Waals surface area (Å²) in [6.45, 7) is 2.62. The predicted octanol–water partition coefficient (Wildman–Crippen LogP) is 6.97. The van der Waals surface area contributed by atoms with E-state index in [-0.39, 0.29) is 0 Å². The van der Waals surface area contributed by atoms with Crippen LogP contribution in [0.1, 0.15) is 79.0 Å². The van der Waals surface area contributed by atoms with Gasteiger partial charge >= 0.3 is 11.9 Å². The molecule has 0 aromatic heterocycles. The minimum absolute atomic E-state index is 0.314. The van der Waals surface area contributed by atoms with Crippen molar-refractivity contribution in [3.05, 3.63) is 64.1 Å². The zero-order chi connectivity index (χ0) is 20.9. The Bertz CT molecular complexity index is 771. The van der Waals surface area contributed by atoms with Crippen molar-refractivity contribution in [2.24, 2.45) is 0 Å². The molecule has 0 radical (unpaired) electrons. The number of hydrogen-bond donors (Lipinski definition) is 0. The van der Waals surface area contributed by atoms with Crippen LogP contribution in [0, 0.1) is 0 Å². The summed E-state index contributed by atoms with van der Waals surface area (Å²) in [7, 11) is 0. The summed E-state index contributed by atoms with van der Waals surface area (Å²) in [6.07, 6.45) is 9.54. The van der Waals surface area contributed by atoms with Gasteiger partial charge in [-0.15, -0.1) is 0 Å². The molecule has 0 atom stereocenters. The van der Waals surface area contributed by atoms with Gasteiger partial charge in [0.2, 0.25) is 0 Å². The molecule has 29 heavy (non-hydrogen) atoms. The smallest absolute Gasteiger partial charge is 0.343 e. The van der Waals surface area contributed by atoms with Crippen LogP contribution >= 0.6 is 15.9 Å². The number of carbonyl (C=O) groups excluding carboxylic acids is 2. The lowest BCUT2D eigenvalue weighted by atomic mass is 10.1. The molecule has 0 heterocycles. The van der Waals surface area contributed by atoms with Crippen molar-refractivity contribution in [3.8, 4) is 5.75 Å². The minimum atomic E-state index is -0.509. The molecule has 0 aliphatic heterocycles. The van der Waals surface area contributed by atoms with E-state index in [0.717, 1.165) is 17.3 Å². The van der Waals surface area contributed by atoms with Crippen LogP contribution in [0.15, 0.2) is 53.0 Å². The molecule has 156 valence electrons. The summed E-state index contributed by atoms with van der Waals surface area (Å²) in [5, 5.41) is 0. The molecule has 0 spiro atoms. The van der Waals surface area contributed by atoms with Gasteiger partial charge in [-0.05, 0) is 48.9 Å². The summed E-state index contributed by atoms with van der Waals surface area (Å²) in [5.74, 6) is -0.475. The molecule has 0 aliphatic rings. The molecule has 2 aromatic rings. The molecule has 2 aromatic carbocycles. The first-order valence-electron chi connectivity index (χ1n) is 10.3. The maximum Gasteiger partial charge on any atom is 0.343 e. The highest BCUT2D eigenvalue weighted by atomic mass is 79.9. The molecule has 0 amide bonds. The highest BCUT2D eigenvalue weighted by Gasteiger charge is 2.13. The Kier molecular flexibility index (Phi) is 10.5. The number of carbonyl (C=O) groups is 2. The van der Waals surface area contributed by atoms with E-state index < -0.39 is 11.9 Å². The lowest BCUT2D eigenvalue weighted by molar-refractivity contribution is 0.0497. The van der Waals surface area contributed by atoms with Crippen LogP contribution in [-0.2, 0) is 4.74 Å². The van der Waals surface area contributed by atoms with Gasteiger partial charge in [0.25, 0.3) is 0 Å². The van der Waals surface area contributed by atoms with E-state index in [4.69, 9.17) is 9.47 Å². The van der Waals surface area contributed by atoms with Crippen molar-refractivity contribution >= 4 is 27.9 Å². The third kappa shape index (κ3) is 8.82. The highest BCUT2D eigenvalue weighted by molar-refractivity contribution is 9.10. The first kappa shape index (κ1) is 23.1. The standard InChI is InChI=1S/C24H29BrO4/c1-2-3-4-5-6-7-8-9-17-28-23(26)19-11-10-12-20(18-19)24(27)29-22-15-13-21(25)14-16-22/h10-16,18H,2-9,17H2,1H3. The molecule has 0 bridgehead atoms. The molecule has 4 nitrogen and oxygen atoms in total. The van der Waals surface area contributed by atoms with E-state index in [1.807, 2.05) is 0 Å². The summed E-state index contributed by atoms with van der Waals surface area (Å²) in [6, 6.07) is 13.4. The van der Waals surface area contributed by atoms with E-state index in [2.05, 4.69) is 22.9 Å². The summed E-state index contributed by atoms with van der Waals surface area (Å²) < 4.78 is 11.6. The lowest BCUT2D eigenvalue weighted by Crippen LogP contribution is -2.11. The van der Waals surface area contributed by atoms with E-state index in [1.54, 1.807) is 42.5 Å². The van der Waals surface area contributed by atoms with Crippen LogP contribution in [0.25, 0.3) is 0 Å². The summed E-state index contributed by atoms with van der Waals surface area (Å²) in [5.41, 5.74) is 0.671. The fraction of sp³-hybridized carbons (Fsp3) is 0.417. The van der Waals surface area contributed by atoms with Gasteiger partial charge < -0.3 is 9.47 Å². The predicted molar refractivity (Wildman–Crippen MR) is 118 cm³/mol. The molecule has 0 saturated carbocycles.